The molecule has 1 aliphatic heterocycles. The first-order valence-corrected chi connectivity index (χ1v) is 13.5. The Kier molecular flexibility index (Phi) is 7.83. The predicted octanol–water partition coefficient (Wildman–Crippen LogP) is 3.98. The average Bonchev–Trinajstić information content (AvgIpc) is 3.57. The SMILES string of the molecule is CCOc1ccc([C@@H]2C(C(=O)OC)=CN=c3s/c(=C/c4ccc(-c5ccc([N+](=O)[O-])cc5)o4)c(=O)n32)cc1OCC. The molecule has 11 nitrogen and oxygen atoms in total. The topological polar surface area (TPSA) is 135 Å². The Labute approximate surface area is 237 Å². The summed E-state index contributed by atoms with van der Waals surface area (Å²) in [6.45, 7) is 4.57. The number of furan rings is 1. The van der Waals surface area contributed by atoms with Crippen molar-refractivity contribution in [3.05, 3.63) is 107 Å². The molecule has 3 heterocycles. The first-order valence-electron chi connectivity index (χ1n) is 12.7. The molecule has 2 aromatic heterocycles. The number of nitro groups is 1. The number of hydrogen-bond acceptors (Lipinski definition) is 10. The van der Waals surface area contributed by atoms with Crippen LogP contribution in [-0.2, 0) is 9.53 Å². The van der Waals surface area contributed by atoms with Crippen molar-refractivity contribution in [3.8, 4) is 22.8 Å². The monoisotopic (exact) mass is 575 g/mol. The number of nitro benzene ring substituents is 1. The van der Waals surface area contributed by atoms with Gasteiger partial charge in [-0.05, 0) is 55.8 Å². The third-order valence-electron chi connectivity index (χ3n) is 6.27. The maximum atomic E-state index is 13.8. The van der Waals surface area contributed by atoms with Crippen LogP contribution in [0.15, 0.2) is 80.6 Å². The molecular formula is C29H25N3O8S. The standard InChI is InChI=1S/C29H25N3O8S/c1-4-38-23-12-8-18(14-24(23)39-5-2)26-21(28(34)37-3)16-30-29-31(26)27(33)25(41-29)15-20-11-13-22(40-20)17-6-9-19(10-7-17)32(35)36/h6-16,26H,4-5H2,1-3H3/b25-15+/t26-/m1/s1. The minimum Gasteiger partial charge on any atom is -0.490 e. The Morgan fingerprint density at radius 1 is 1.10 bits per heavy atom. The maximum absolute atomic E-state index is 13.8. The molecule has 0 saturated carbocycles. The Bertz CT molecular complexity index is 1830. The number of ether oxygens (including phenoxy) is 3. The molecule has 0 radical (unpaired) electrons. The maximum Gasteiger partial charge on any atom is 0.337 e. The van der Waals surface area contributed by atoms with E-state index in [1.165, 1.54) is 30.0 Å². The van der Waals surface area contributed by atoms with Crippen molar-refractivity contribution in [2.45, 2.75) is 19.9 Å². The summed E-state index contributed by atoms with van der Waals surface area (Å²) in [5.41, 5.74) is 1.07. The molecule has 4 aromatic rings. The summed E-state index contributed by atoms with van der Waals surface area (Å²) >= 11 is 1.15. The second-order valence-electron chi connectivity index (χ2n) is 8.75. The number of hydrogen-bond donors (Lipinski definition) is 0. The summed E-state index contributed by atoms with van der Waals surface area (Å²) in [5, 5.41) is 10.9. The number of nitrogens with zero attached hydrogens (tertiary/aromatic N) is 3. The highest BCUT2D eigenvalue weighted by atomic mass is 32.1. The first-order chi connectivity index (χ1) is 19.8. The van der Waals surface area contributed by atoms with Gasteiger partial charge in [0.25, 0.3) is 11.2 Å². The van der Waals surface area contributed by atoms with E-state index in [4.69, 9.17) is 18.6 Å². The summed E-state index contributed by atoms with van der Waals surface area (Å²) in [5.74, 6) is 1.33. The second kappa shape index (κ2) is 11.6. The van der Waals surface area contributed by atoms with Crippen LogP contribution in [0.4, 0.5) is 5.69 Å². The fourth-order valence-electron chi connectivity index (χ4n) is 4.45. The van der Waals surface area contributed by atoms with E-state index in [-0.39, 0.29) is 16.8 Å². The van der Waals surface area contributed by atoms with Crippen LogP contribution in [0.3, 0.4) is 0 Å². The van der Waals surface area contributed by atoms with E-state index in [0.29, 0.717) is 56.7 Å². The van der Waals surface area contributed by atoms with Gasteiger partial charge in [0.1, 0.15) is 11.5 Å². The lowest BCUT2D eigenvalue weighted by atomic mass is 9.97. The number of carbonyl (C=O) groups excluding carboxylic acids is 1. The number of esters is 1. The van der Waals surface area contributed by atoms with Crippen LogP contribution in [0.25, 0.3) is 17.4 Å². The number of methoxy groups -OCH3 is 1. The van der Waals surface area contributed by atoms with E-state index < -0.39 is 16.9 Å². The Hall–Kier alpha value is -4.97. The zero-order valence-corrected chi connectivity index (χ0v) is 23.2. The van der Waals surface area contributed by atoms with Crippen LogP contribution >= 0.6 is 11.3 Å². The number of benzene rings is 2. The van der Waals surface area contributed by atoms with Gasteiger partial charge in [0.2, 0.25) is 0 Å². The summed E-state index contributed by atoms with van der Waals surface area (Å²) < 4.78 is 24.2. The molecule has 2 aromatic carbocycles. The molecule has 0 saturated heterocycles. The van der Waals surface area contributed by atoms with Gasteiger partial charge in [-0.3, -0.25) is 19.5 Å². The minimum atomic E-state index is -0.817. The van der Waals surface area contributed by atoms with Gasteiger partial charge in [-0.1, -0.05) is 17.4 Å². The Morgan fingerprint density at radius 3 is 2.51 bits per heavy atom. The van der Waals surface area contributed by atoms with Gasteiger partial charge in [0, 0.05) is 30.0 Å². The van der Waals surface area contributed by atoms with E-state index in [1.807, 2.05) is 13.8 Å². The second-order valence-corrected chi connectivity index (χ2v) is 9.76. The van der Waals surface area contributed by atoms with Crippen LogP contribution < -0.4 is 24.4 Å². The largest absolute Gasteiger partial charge is 0.490 e. The molecular weight excluding hydrogens is 550 g/mol. The fraction of sp³-hybridized carbons (Fsp3) is 0.207. The molecule has 0 fully saturated rings. The van der Waals surface area contributed by atoms with E-state index >= 15 is 0 Å². The van der Waals surface area contributed by atoms with Crippen molar-refractivity contribution in [1.29, 1.82) is 0 Å². The van der Waals surface area contributed by atoms with Gasteiger partial charge in [-0.2, -0.15) is 0 Å². The zero-order chi connectivity index (χ0) is 29.1. The van der Waals surface area contributed by atoms with Crippen molar-refractivity contribution in [1.82, 2.24) is 4.57 Å². The van der Waals surface area contributed by atoms with Crippen molar-refractivity contribution >= 4 is 29.1 Å². The molecule has 1 aliphatic rings. The van der Waals surface area contributed by atoms with Crippen LogP contribution in [0.5, 0.6) is 11.5 Å². The number of carbonyl (C=O) groups is 1. The molecule has 0 bridgehead atoms. The number of thiazole rings is 1. The molecule has 5 rings (SSSR count). The van der Waals surface area contributed by atoms with E-state index in [2.05, 4.69) is 4.99 Å². The minimum absolute atomic E-state index is 0.0246. The lowest BCUT2D eigenvalue weighted by molar-refractivity contribution is -0.384. The van der Waals surface area contributed by atoms with Gasteiger partial charge in [0.05, 0.1) is 41.4 Å². The summed E-state index contributed by atoms with van der Waals surface area (Å²) in [6, 6.07) is 13.9. The lowest BCUT2D eigenvalue weighted by Gasteiger charge is -2.23. The van der Waals surface area contributed by atoms with Crippen molar-refractivity contribution in [2.75, 3.05) is 20.3 Å². The summed E-state index contributed by atoms with van der Waals surface area (Å²) in [6.07, 6.45) is 3.02. The van der Waals surface area contributed by atoms with Crippen molar-refractivity contribution < 1.29 is 28.3 Å². The normalized spacial score (nSPS) is 14.6. The Balaban J connectivity index is 1.58. The summed E-state index contributed by atoms with van der Waals surface area (Å²) in [4.78, 5) is 41.8. The number of rotatable bonds is 9. The van der Waals surface area contributed by atoms with Crippen LogP contribution in [0.1, 0.15) is 31.2 Å². The molecule has 0 spiro atoms. The van der Waals surface area contributed by atoms with Crippen molar-refractivity contribution in [3.63, 3.8) is 0 Å². The molecule has 1 atom stereocenters. The van der Waals surface area contributed by atoms with Gasteiger partial charge < -0.3 is 18.6 Å². The fourth-order valence-corrected chi connectivity index (χ4v) is 5.40. The van der Waals surface area contributed by atoms with Gasteiger partial charge >= 0.3 is 5.97 Å². The van der Waals surface area contributed by atoms with E-state index in [1.54, 1.807) is 48.5 Å². The van der Waals surface area contributed by atoms with Crippen LogP contribution in [0.2, 0.25) is 0 Å². The molecule has 41 heavy (non-hydrogen) atoms. The Morgan fingerprint density at radius 2 is 1.83 bits per heavy atom. The number of aromatic nitrogens is 1. The van der Waals surface area contributed by atoms with Crippen LogP contribution in [-0.4, -0.2) is 35.8 Å². The highest BCUT2D eigenvalue weighted by molar-refractivity contribution is 7.07. The number of fused-ring (bicyclic) bond motifs is 1. The quantitative estimate of drug-likeness (QED) is 0.166. The van der Waals surface area contributed by atoms with E-state index in [9.17, 15) is 19.7 Å². The molecule has 0 amide bonds. The van der Waals surface area contributed by atoms with Gasteiger partial charge in [0.15, 0.2) is 16.3 Å². The average molecular weight is 576 g/mol. The van der Waals surface area contributed by atoms with Gasteiger partial charge in [-0.15, -0.1) is 0 Å². The highest BCUT2D eigenvalue weighted by Crippen LogP contribution is 2.35. The first kappa shape index (κ1) is 27.6. The van der Waals surface area contributed by atoms with Crippen molar-refractivity contribution in [2.24, 2.45) is 4.99 Å². The third-order valence-corrected chi connectivity index (χ3v) is 7.27. The zero-order valence-electron chi connectivity index (χ0n) is 22.4. The lowest BCUT2D eigenvalue weighted by Crippen LogP contribution is -2.39. The molecule has 12 heteroatoms. The summed E-state index contributed by atoms with van der Waals surface area (Å²) in [7, 11) is 1.27. The smallest absolute Gasteiger partial charge is 0.337 e. The highest BCUT2D eigenvalue weighted by Gasteiger charge is 2.31. The number of non-ortho nitro benzene ring substituents is 1. The molecule has 0 aliphatic carbocycles. The predicted molar refractivity (Wildman–Crippen MR) is 151 cm³/mol. The molecule has 210 valence electrons. The molecule has 0 unspecified atom stereocenters. The molecule has 0 N–H and O–H groups in total. The van der Waals surface area contributed by atoms with Gasteiger partial charge in [-0.25, -0.2) is 9.79 Å². The van der Waals surface area contributed by atoms with Crippen LogP contribution in [0, 0.1) is 10.1 Å². The van der Waals surface area contributed by atoms with E-state index in [0.717, 1.165) is 11.3 Å². The third kappa shape index (κ3) is 5.41.